The van der Waals surface area contributed by atoms with Crippen LogP contribution < -0.4 is 15.1 Å². The van der Waals surface area contributed by atoms with E-state index >= 15 is 4.39 Å². The molecule has 3 aromatic rings. The zero-order valence-corrected chi connectivity index (χ0v) is 23.8. The van der Waals surface area contributed by atoms with Crippen LogP contribution in [0.2, 0.25) is 0 Å². The molecule has 1 saturated carbocycles. The number of thiophene rings is 1. The Bertz CT molecular complexity index is 1570. The lowest BCUT2D eigenvalue weighted by atomic mass is 9.94. The first-order valence-corrected chi connectivity index (χ1v) is 14.0. The van der Waals surface area contributed by atoms with E-state index in [1.165, 1.54) is 25.0 Å². The number of benzene rings is 1. The minimum Gasteiger partial charge on any atom is -0.505 e. The number of halogens is 1. The number of aromatic nitrogens is 1. The number of carbonyl (C=O) groups is 2. The van der Waals surface area contributed by atoms with Crippen LogP contribution in [0.1, 0.15) is 69.6 Å². The molecular weight excluding hydrogens is 525 g/mol. The van der Waals surface area contributed by atoms with Crippen molar-refractivity contribution in [2.75, 3.05) is 25.1 Å². The molecule has 1 aliphatic heterocycles. The van der Waals surface area contributed by atoms with Gasteiger partial charge in [-0.15, -0.1) is 11.3 Å². The number of amides is 1. The number of carboxylic acid groups (broad SMARTS) is 1. The Morgan fingerprint density at radius 2 is 1.92 bits per heavy atom. The summed E-state index contributed by atoms with van der Waals surface area (Å²) in [6.45, 7) is 9.71. The van der Waals surface area contributed by atoms with Gasteiger partial charge in [0, 0.05) is 37.6 Å². The third kappa shape index (κ3) is 4.31. The summed E-state index contributed by atoms with van der Waals surface area (Å²) in [6, 6.07) is 0.932. The van der Waals surface area contributed by atoms with E-state index < -0.39 is 22.9 Å². The van der Waals surface area contributed by atoms with Crippen LogP contribution in [0.4, 0.5) is 14.9 Å². The van der Waals surface area contributed by atoms with Crippen LogP contribution in [-0.4, -0.2) is 63.3 Å². The standard InChI is InChI=1S/C28H34FN3O6S/c1-13(32(27(36)37)28(3,4)5)15-9-10-30(12-15)21-18(29)11-17-20(24(21)38-6)31(16-7-8-16)26-19(22(17)34)23(35)25(39-26)14(2)33/h11,13,15-16,35H,7-10,12H2,1-6H3,(H,36,37)/t13-,15?/m0/s1. The summed E-state index contributed by atoms with van der Waals surface area (Å²) < 4.78 is 23.6. The van der Waals surface area contributed by atoms with E-state index in [2.05, 4.69) is 0 Å². The van der Waals surface area contributed by atoms with Gasteiger partial charge in [0.05, 0.1) is 18.0 Å². The molecule has 3 heterocycles. The van der Waals surface area contributed by atoms with E-state index in [4.69, 9.17) is 4.74 Å². The number of carbonyl (C=O) groups excluding carboxylic acids is 1. The maximum atomic E-state index is 15.9. The molecule has 5 rings (SSSR count). The van der Waals surface area contributed by atoms with Gasteiger partial charge in [-0.05, 0) is 58.9 Å². The second kappa shape index (κ2) is 9.39. The van der Waals surface area contributed by atoms with Gasteiger partial charge in [-0.1, -0.05) is 0 Å². The molecular formula is C28H34FN3O6S. The zero-order valence-electron chi connectivity index (χ0n) is 23.0. The van der Waals surface area contributed by atoms with Crippen molar-refractivity contribution in [2.45, 2.75) is 71.5 Å². The van der Waals surface area contributed by atoms with Crippen LogP contribution in [0.15, 0.2) is 10.9 Å². The second-order valence-electron chi connectivity index (χ2n) is 11.6. The van der Waals surface area contributed by atoms with Crippen LogP contribution in [0.25, 0.3) is 21.1 Å². The summed E-state index contributed by atoms with van der Waals surface area (Å²) in [5, 5.41) is 20.8. The van der Waals surface area contributed by atoms with Gasteiger partial charge in [0.2, 0.25) is 5.43 Å². The molecule has 210 valence electrons. The molecule has 2 aromatic heterocycles. The average Bonchev–Trinajstić information content (AvgIpc) is 3.44. The number of methoxy groups -OCH3 is 1. The van der Waals surface area contributed by atoms with Gasteiger partial charge in [0.25, 0.3) is 0 Å². The number of aromatic hydroxyl groups is 1. The van der Waals surface area contributed by atoms with Crippen molar-refractivity contribution in [3.63, 3.8) is 0 Å². The number of rotatable bonds is 6. The summed E-state index contributed by atoms with van der Waals surface area (Å²) in [4.78, 5) is 41.8. The largest absolute Gasteiger partial charge is 0.505 e. The van der Waals surface area contributed by atoms with Crippen LogP contribution in [0.3, 0.4) is 0 Å². The maximum absolute atomic E-state index is 15.9. The SMILES string of the molecule is COc1c(N2CCC([C@H](C)N(C(=O)O)C(C)(C)C)C2)c(F)cc2c(=O)c3c(O)c(C(C)=O)sc3n(C3CC3)c12. The van der Waals surface area contributed by atoms with E-state index in [9.17, 15) is 24.6 Å². The Labute approximate surface area is 229 Å². The second-order valence-corrected chi connectivity index (χ2v) is 12.6. The number of anilines is 1. The molecule has 11 heteroatoms. The molecule has 2 fully saturated rings. The van der Waals surface area contributed by atoms with Crippen LogP contribution in [0, 0.1) is 11.7 Å². The van der Waals surface area contributed by atoms with Gasteiger partial charge in [-0.25, -0.2) is 9.18 Å². The molecule has 2 aliphatic rings. The topological polar surface area (TPSA) is 112 Å². The Morgan fingerprint density at radius 3 is 2.46 bits per heavy atom. The lowest BCUT2D eigenvalue weighted by molar-refractivity contribution is 0.0585. The zero-order chi connectivity index (χ0) is 28.5. The molecule has 1 unspecified atom stereocenters. The lowest BCUT2D eigenvalue weighted by Gasteiger charge is -2.40. The molecule has 39 heavy (non-hydrogen) atoms. The summed E-state index contributed by atoms with van der Waals surface area (Å²) in [7, 11) is 1.44. The molecule has 0 spiro atoms. The highest BCUT2D eigenvalue weighted by Crippen LogP contribution is 2.49. The Balaban J connectivity index is 1.67. The highest BCUT2D eigenvalue weighted by Gasteiger charge is 2.40. The molecule has 2 N–H and O–H groups in total. The van der Waals surface area contributed by atoms with Crippen LogP contribution in [0.5, 0.6) is 11.5 Å². The number of Topliss-reactive ketones (excluding diaryl/α,β-unsaturated/α-hetero) is 1. The van der Waals surface area contributed by atoms with Crippen molar-refractivity contribution in [3.05, 3.63) is 27.0 Å². The van der Waals surface area contributed by atoms with Crippen molar-refractivity contribution in [1.82, 2.24) is 9.47 Å². The van der Waals surface area contributed by atoms with Gasteiger partial charge in [0.15, 0.2) is 23.1 Å². The van der Waals surface area contributed by atoms with Crippen LogP contribution in [-0.2, 0) is 0 Å². The monoisotopic (exact) mass is 559 g/mol. The van der Waals surface area contributed by atoms with Crippen molar-refractivity contribution in [1.29, 1.82) is 0 Å². The van der Waals surface area contributed by atoms with E-state index in [0.717, 1.165) is 24.2 Å². The normalized spacial score (nSPS) is 18.6. The number of pyridine rings is 1. The summed E-state index contributed by atoms with van der Waals surface area (Å²) in [5.74, 6) is -1.14. The Hall–Kier alpha value is -3.34. The fraction of sp³-hybridized carbons (Fsp3) is 0.536. The minimum atomic E-state index is -0.996. The van der Waals surface area contributed by atoms with Gasteiger partial charge in [-0.2, -0.15) is 0 Å². The first kappa shape index (κ1) is 27.2. The average molecular weight is 560 g/mol. The predicted molar refractivity (Wildman–Crippen MR) is 149 cm³/mol. The molecule has 1 amide bonds. The first-order valence-electron chi connectivity index (χ1n) is 13.2. The van der Waals surface area contributed by atoms with Crippen LogP contribution >= 0.6 is 11.3 Å². The number of hydrogen-bond acceptors (Lipinski definition) is 7. The van der Waals surface area contributed by atoms with E-state index in [0.29, 0.717) is 29.9 Å². The summed E-state index contributed by atoms with van der Waals surface area (Å²) in [6.07, 6.45) is 1.36. The predicted octanol–water partition coefficient (Wildman–Crippen LogP) is 5.60. The van der Waals surface area contributed by atoms with Crippen molar-refractivity contribution in [2.24, 2.45) is 5.92 Å². The lowest BCUT2D eigenvalue weighted by Crippen LogP contribution is -2.53. The quantitative estimate of drug-likeness (QED) is 0.378. The number of ether oxygens (including phenoxy) is 1. The number of fused-ring (bicyclic) bond motifs is 2. The first-order chi connectivity index (χ1) is 18.3. The Morgan fingerprint density at radius 1 is 1.26 bits per heavy atom. The van der Waals surface area contributed by atoms with Crippen molar-refractivity contribution >= 4 is 50.0 Å². The summed E-state index contributed by atoms with van der Waals surface area (Å²) in [5.41, 5.74) is -0.458. The third-order valence-electron chi connectivity index (χ3n) is 7.97. The molecule has 1 saturated heterocycles. The molecule has 0 radical (unpaired) electrons. The molecule has 0 bridgehead atoms. The van der Waals surface area contributed by atoms with Gasteiger partial charge < -0.3 is 29.3 Å². The van der Waals surface area contributed by atoms with Crippen molar-refractivity contribution in [3.8, 4) is 11.5 Å². The fourth-order valence-electron chi connectivity index (χ4n) is 6.11. The smallest absolute Gasteiger partial charge is 0.407 e. The van der Waals surface area contributed by atoms with E-state index in [1.54, 1.807) is 0 Å². The Kier molecular flexibility index (Phi) is 6.56. The molecule has 2 atom stereocenters. The minimum absolute atomic E-state index is 0.0305. The number of ketones is 1. The van der Waals surface area contributed by atoms with Gasteiger partial charge >= 0.3 is 6.09 Å². The summed E-state index contributed by atoms with van der Waals surface area (Å²) >= 11 is 1.07. The number of nitrogens with zero attached hydrogens (tertiary/aromatic N) is 3. The fourth-order valence-corrected chi connectivity index (χ4v) is 7.28. The maximum Gasteiger partial charge on any atom is 0.407 e. The molecule has 1 aliphatic carbocycles. The highest BCUT2D eigenvalue weighted by atomic mass is 32.1. The molecule has 1 aromatic carbocycles. The third-order valence-corrected chi connectivity index (χ3v) is 9.25. The van der Waals surface area contributed by atoms with Crippen molar-refractivity contribution < 1.29 is 28.9 Å². The van der Waals surface area contributed by atoms with Gasteiger partial charge in [-0.3, -0.25) is 9.59 Å². The van der Waals surface area contributed by atoms with Gasteiger partial charge in [0.1, 0.15) is 20.8 Å². The number of hydrogen-bond donors (Lipinski definition) is 2. The van der Waals surface area contributed by atoms with E-state index in [-0.39, 0.29) is 56.6 Å². The molecule has 9 nitrogen and oxygen atoms in total. The highest BCUT2D eigenvalue weighted by molar-refractivity contribution is 7.21. The van der Waals surface area contributed by atoms with E-state index in [1.807, 2.05) is 37.2 Å².